The van der Waals surface area contributed by atoms with E-state index in [0.717, 1.165) is 0 Å². The SMILES string of the molecule is O=C(NCc1cccnn1)c1cccc(F)n1. The van der Waals surface area contributed by atoms with E-state index in [0.29, 0.717) is 5.69 Å². The van der Waals surface area contributed by atoms with Crippen LogP contribution in [0.25, 0.3) is 0 Å². The molecular weight excluding hydrogens is 223 g/mol. The van der Waals surface area contributed by atoms with Crippen molar-refractivity contribution in [1.29, 1.82) is 0 Å². The fraction of sp³-hybridized carbons (Fsp3) is 0.0909. The molecule has 6 heteroatoms. The maximum atomic E-state index is 12.8. The second kappa shape index (κ2) is 5.11. The van der Waals surface area contributed by atoms with Gasteiger partial charge in [0.15, 0.2) is 0 Å². The number of hydrogen-bond donors (Lipinski definition) is 1. The number of hydrogen-bond acceptors (Lipinski definition) is 4. The van der Waals surface area contributed by atoms with Crippen molar-refractivity contribution in [3.8, 4) is 0 Å². The molecule has 0 atom stereocenters. The molecule has 17 heavy (non-hydrogen) atoms. The van der Waals surface area contributed by atoms with Crippen molar-refractivity contribution in [3.05, 3.63) is 53.9 Å². The van der Waals surface area contributed by atoms with Gasteiger partial charge in [-0.25, -0.2) is 4.98 Å². The fourth-order valence-corrected chi connectivity index (χ4v) is 1.22. The van der Waals surface area contributed by atoms with Crippen LogP contribution in [0.5, 0.6) is 0 Å². The predicted molar refractivity (Wildman–Crippen MR) is 57.4 cm³/mol. The van der Waals surface area contributed by atoms with Crippen molar-refractivity contribution >= 4 is 5.91 Å². The van der Waals surface area contributed by atoms with E-state index in [9.17, 15) is 9.18 Å². The second-order valence-electron chi connectivity index (χ2n) is 3.24. The first-order valence-electron chi connectivity index (χ1n) is 4.93. The Labute approximate surface area is 96.7 Å². The van der Waals surface area contributed by atoms with Gasteiger partial charge in [-0.2, -0.15) is 14.6 Å². The summed E-state index contributed by atoms with van der Waals surface area (Å²) in [5.41, 5.74) is 0.658. The number of nitrogens with one attached hydrogen (secondary N) is 1. The van der Waals surface area contributed by atoms with E-state index in [1.165, 1.54) is 18.2 Å². The zero-order chi connectivity index (χ0) is 12.1. The minimum absolute atomic E-state index is 0.0360. The van der Waals surface area contributed by atoms with Crippen molar-refractivity contribution in [2.45, 2.75) is 6.54 Å². The largest absolute Gasteiger partial charge is 0.345 e. The first-order chi connectivity index (χ1) is 8.25. The molecule has 2 aromatic heterocycles. The number of pyridine rings is 1. The highest BCUT2D eigenvalue weighted by Gasteiger charge is 2.07. The van der Waals surface area contributed by atoms with E-state index >= 15 is 0 Å². The lowest BCUT2D eigenvalue weighted by Crippen LogP contribution is -2.24. The Morgan fingerprint density at radius 2 is 2.18 bits per heavy atom. The number of rotatable bonds is 3. The van der Waals surface area contributed by atoms with Gasteiger partial charge in [-0.1, -0.05) is 6.07 Å². The molecule has 2 aromatic rings. The number of carbonyl (C=O) groups excluding carboxylic acids is 1. The Hall–Kier alpha value is -2.37. The molecule has 1 N–H and O–H groups in total. The van der Waals surface area contributed by atoms with Crippen LogP contribution in [0.4, 0.5) is 4.39 Å². The smallest absolute Gasteiger partial charge is 0.270 e. The molecule has 0 radical (unpaired) electrons. The molecule has 2 rings (SSSR count). The molecule has 1 amide bonds. The standard InChI is InChI=1S/C11H9FN4O/c12-10-5-1-4-9(15-10)11(17)13-7-8-3-2-6-14-16-8/h1-6H,7H2,(H,13,17). The third-order valence-corrected chi connectivity index (χ3v) is 2.01. The average Bonchev–Trinajstić information content (AvgIpc) is 2.37. The molecule has 0 fully saturated rings. The predicted octanol–water partition coefficient (Wildman–Crippen LogP) is 0.941. The third-order valence-electron chi connectivity index (χ3n) is 2.01. The molecule has 0 spiro atoms. The monoisotopic (exact) mass is 232 g/mol. The van der Waals surface area contributed by atoms with Crippen molar-refractivity contribution in [2.24, 2.45) is 0 Å². The van der Waals surface area contributed by atoms with E-state index in [-0.39, 0.29) is 12.2 Å². The van der Waals surface area contributed by atoms with Gasteiger partial charge in [0.2, 0.25) is 5.95 Å². The maximum absolute atomic E-state index is 12.8. The molecule has 2 heterocycles. The molecule has 0 saturated heterocycles. The van der Waals surface area contributed by atoms with Gasteiger partial charge in [-0.3, -0.25) is 4.79 Å². The van der Waals surface area contributed by atoms with Crippen LogP contribution < -0.4 is 5.32 Å². The molecule has 0 aliphatic carbocycles. The summed E-state index contributed by atoms with van der Waals surface area (Å²) < 4.78 is 12.8. The van der Waals surface area contributed by atoms with Crippen molar-refractivity contribution in [3.63, 3.8) is 0 Å². The lowest BCUT2D eigenvalue weighted by atomic mass is 10.3. The average molecular weight is 232 g/mol. The van der Waals surface area contributed by atoms with Gasteiger partial charge in [-0.15, -0.1) is 0 Å². The van der Waals surface area contributed by atoms with Crippen LogP contribution in [0.2, 0.25) is 0 Å². The number of carbonyl (C=O) groups is 1. The lowest BCUT2D eigenvalue weighted by molar-refractivity contribution is 0.0944. The van der Waals surface area contributed by atoms with Gasteiger partial charge in [0.05, 0.1) is 12.2 Å². The van der Waals surface area contributed by atoms with Gasteiger partial charge in [0.25, 0.3) is 5.91 Å². The Kier molecular flexibility index (Phi) is 3.34. The highest BCUT2D eigenvalue weighted by atomic mass is 19.1. The summed E-state index contributed by atoms with van der Waals surface area (Å²) in [6, 6.07) is 7.50. The first kappa shape index (κ1) is 11.1. The maximum Gasteiger partial charge on any atom is 0.270 e. The van der Waals surface area contributed by atoms with Crippen LogP contribution >= 0.6 is 0 Å². The van der Waals surface area contributed by atoms with Crippen molar-refractivity contribution in [2.75, 3.05) is 0 Å². The van der Waals surface area contributed by atoms with Crippen LogP contribution in [-0.2, 0) is 6.54 Å². The Bertz CT molecular complexity index is 518. The molecule has 0 aromatic carbocycles. The molecule has 0 aliphatic heterocycles. The Balaban J connectivity index is 1.98. The molecular formula is C11H9FN4O. The zero-order valence-corrected chi connectivity index (χ0v) is 8.80. The molecule has 0 aliphatic rings. The number of amides is 1. The van der Waals surface area contributed by atoms with E-state index in [2.05, 4.69) is 20.5 Å². The van der Waals surface area contributed by atoms with Gasteiger partial charge >= 0.3 is 0 Å². The molecule has 0 bridgehead atoms. The molecule has 0 unspecified atom stereocenters. The van der Waals surface area contributed by atoms with Gasteiger partial charge in [-0.05, 0) is 24.3 Å². The van der Waals surface area contributed by atoms with E-state index in [1.807, 2.05) is 0 Å². The van der Waals surface area contributed by atoms with E-state index in [1.54, 1.807) is 18.3 Å². The summed E-state index contributed by atoms with van der Waals surface area (Å²) in [7, 11) is 0. The summed E-state index contributed by atoms with van der Waals surface area (Å²) >= 11 is 0. The highest BCUT2D eigenvalue weighted by molar-refractivity contribution is 5.92. The highest BCUT2D eigenvalue weighted by Crippen LogP contribution is 1.98. The third kappa shape index (κ3) is 3.04. The summed E-state index contributed by atoms with van der Waals surface area (Å²) in [6.45, 7) is 0.227. The Morgan fingerprint density at radius 1 is 1.29 bits per heavy atom. The zero-order valence-electron chi connectivity index (χ0n) is 8.80. The minimum atomic E-state index is -0.683. The first-order valence-corrected chi connectivity index (χ1v) is 4.93. The summed E-state index contributed by atoms with van der Waals surface area (Å²) in [4.78, 5) is 15.1. The fourth-order valence-electron chi connectivity index (χ4n) is 1.22. The Morgan fingerprint density at radius 3 is 2.88 bits per heavy atom. The van der Waals surface area contributed by atoms with Crippen LogP contribution in [0.1, 0.15) is 16.2 Å². The number of halogens is 1. The molecule has 5 nitrogen and oxygen atoms in total. The van der Waals surface area contributed by atoms with Crippen LogP contribution in [-0.4, -0.2) is 21.1 Å². The number of nitrogens with zero attached hydrogens (tertiary/aromatic N) is 3. The number of aromatic nitrogens is 3. The van der Waals surface area contributed by atoms with Crippen molar-refractivity contribution < 1.29 is 9.18 Å². The topological polar surface area (TPSA) is 67.8 Å². The van der Waals surface area contributed by atoms with E-state index < -0.39 is 11.9 Å². The quantitative estimate of drug-likeness (QED) is 0.800. The van der Waals surface area contributed by atoms with Gasteiger partial charge < -0.3 is 5.32 Å². The van der Waals surface area contributed by atoms with E-state index in [4.69, 9.17) is 0 Å². The van der Waals surface area contributed by atoms with Crippen LogP contribution in [0.3, 0.4) is 0 Å². The summed E-state index contributed by atoms with van der Waals surface area (Å²) in [6.07, 6.45) is 1.54. The molecule has 0 saturated carbocycles. The minimum Gasteiger partial charge on any atom is -0.345 e. The van der Waals surface area contributed by atoms with Gasteiger partial charge in [0.1, 0.15) is 5.69 Å². The van der Waals surface area contributed by atoms with Crippen molar-refractivity contribution in [1.82, 2.24) is 20.5 Å². The van der Waals surface area contributed by atoms with Gasteiger partial charge in [0, 0.05) is 6.20 Å². The van der Waals surface area contributed by atoms with Crippen LogP contribution in [0, 0.1) is 5.95 Å². The van der Waals surface area contributed by atoms with Crippen LogP contribution in [0.15, 0.2) is 36.5 Å². The summed E-state index contributed by atoms with van der Waals surface area (Å²) in [5.74, 6) is -1.13. The molecule has 86 valence electrons. The summed E-state index contributed by atoms with van der Waals surface area (Å²) in [5, 5.41) is 10.0. The second-order valence-corrected chi connectivity index (χ2v) is 3.24. The normalized spacial score (nSPS) is 9.94. The lowest BCUT2D eigenvalue weighted by Gasteiger charge is -2.03.